The molecule has 1 aliphatic rings. The summed E-state index contributed by atoms with van der Waals surface area (Å²) in [5.41, 5.74) is 0. The molecule has 1 saturated heterocycles. The number of nitrogens with one attached hydrogen (secondary N) is 2. The van der Waals surface area contributed by atoms with Gasteiger partial charge in [-0.15, -0.1) is 0 Å². The molecule has 0 aromatic rings. The van der Waals surface area contributed by atoms with Crippen LogP contribution in [0.3, 0.4) is 0 Å². The average Bonchev–Trinajstić information content (AvgIpc) is 1.94. The third kappa shape index (κ3) is 1.68. The minimum absolute atomic E-state index is 0.0619. The van der Waals surface area contributed by atoms with Crippen LogP contribution >= 0.6 is 0 Å². The number of hydrogen-bond acceptors (Lipinski definition) is 3. The molecule has 0 saturated carbocycles. The van der Waals surface area contributed by atoms with Gasteiger partial charge in [-0.3, -0.25) is 10.1 Å². The maximum Gasteiger partial charge on any atom is 0.264 e. The Kier molecular flexibility index (Phi) is 2.65. The number of hydrogen-bond donors (Lipinski definition) is 2. The van der Waals surface area contributed by atoms with Gasteiger partial charge in [-0.2, -0.15) is 0 Å². The second-order valence-corrected chi connectivity index (χ2v) is 2.08. The molecule has 58 valence electrons. The monoisotopic (exact) mass is 144 g/mol. The minimum atomic E-state index is -0.432. The zero-order valence-corrected chi connectivity index (χ0v) is 6.02. The van der Waals surface area contributed by atoms with Crippen molar-refractivity contribution in [1.29, 1.82) is 0 Å². The summed E-state index contributed by atoms with van der Waals surface area (Å²) in [6.45, 7) is 3.91. The zero-order valence-electron chi connectivity index (χ0n) is 6.02. The second-order valence-electron chi connectivity index (χ2n) is 2.08. The van der Waals surface area contributed by atoms with E-state index in [1.165, 1.54) is 0 Å². The summed E-state index contributed by atoms with van der Waals surface area (Å²) in [7, 11) is 0. The Balaban J connectivity index is 2.32. The van der Waals surface area contributed by atoms with Crippen molar-refractivity contribution < 1.29 is 9.53 Å². The Bertz CT molecular complexity index is 125. The molecule has 1 fully saturated rings. The molecule has 4 nitrogen and oxygen atoms in total. The van der Waals surface area contributed by atoms with Crippen LogP contribution in [0, 0.1) is 0 Å². The van der Waals surface area contributed by atoms with Crippen LogP contribution in [0.5, 0.6) is 0 Å². The van der Waals surface area contributed by atoms with Crippen LogP contribution < -0.4 is 10.6 Å². The van der Waals surface area contributed by atoms with Crippen LogP contribution in [0.4, 0.5) is 0 Å². The zero-order chi connectivity index (χ0) is 7.40. The molecule has 1 atom stereocenters. The highest BCUT2D eigenvalue weighted by Crippen LogP contribution is 1.90. The third-order valence-corrected chi connectivity index (χ3v) is 1.33. The molecule has 1 heterocycles. The van der Waals surface area contributed by atoms with Gasteiger partial charge in [-0.1, -0.05) is 0 Å². The van der Waals surface area contributed by atoms with Crippen molar-refractivity contribution in [2.75, 3.05) is 19.7 Å². The highest BCUT2D eigenvalue weighted by Gasteiger charge is 2.20. The first kappa shape index (κ1) is 7.50. The van der Waals surface area contributed by atoms with E-state index in [0.29, 0.717) is 13.2 Å². The molecule has 0 aromatic carbocycles. The summed E-state index contributed by atoms with van der Waals surface area (Å²) in [4.78, 5) is 10.9. The first-order valence-electron chi connectivity index (χ1n) is 3.47. The number of carbonyl (C=O) groups is 1. The van der Waals surface area contributed by atoms with Crippen molar-refractivity contribution in [3.8, 4) is 0 Å². The van der Waals surface area contributed by atoms with Gasteiger partial charge in [0.2, 0.25) is 0 Å². The molecule has 4 heteroatoms. The van der Waals surface area contributed by atoms with E-state index in [0.717, 1.165) is 6.54 Å². The Morgan fingerprint density at radius 2 is 2.50 bits per heavy atom. The maximum atomic E-state index is 10.9. The average molecular weight is 144 g/mol. The number of rotatable bonds is 2. The molecule has 1 aliphatic heterocycles. The Morgan fingerprint density at radius 1 is 1.70 bits per heavy atom. The second kappa shape index (κ2) is 3.53. The van der Waals surface area contributed by atoms with Crippen molar-refractivity contribution in [2.24, 2.45) is 0 Å². The van der Waals surface area contributed by atoms with E-state index >= 15 is 0 Å². The van der Waals surface area contributed by atoms with E-state index < -0.39 is 6.23 Å². The van der Waals surface area contributed by atoms with Gasteiger partial charge >= 0.3 is 0 Å². The first-order valence-corrected chi connectivity index (χ1v) is 3.47. The van der Waals surface area contributed by atoms with E-state index in [9.17, 15) is 4.79 Å². The fraction of sp³-hybridized carbons (Fsp3) is 0.833. The predicted molar refractivity (Wildman–Crippen MR) is 36.4 cm³/mol. The number of ether oxygens (including phenoxy) is 1. The molecular weight excluding hydrogens is 132 g/mol. The van der Waals surface area contributed by atoms with Crippen LogP contribution in [0.2, 0.25) is 0 Å². The van der Waals surface area contributed by atoms with E-state index in [1.54, 1.807) is 0 Å². The Morgan fingerprint density at radius 3 is 3.10 bits per heavy atom. The van der Waals surface area contributed by atoms with E-state index in [-0.39, 0.29) is 5.91 Å². The van der Waals surface area contributed by atoms with Gasteiger partial charge in [0.25, 0.3) is 5.91 Å². The van der Waals surface area contributed by atoms with Gasteiger partial charge in [0.05, 0.1) is 0 Å². The molecule has 0 spiro atoms. The molecule has 0 aliphatic carbocycles. The first-order chi connectivity index (χ1) is 4.84. The number of piperazine rings is 1. The summed E-state index contributed by atoms with van der Waals surface area (Å²) in [6.07, 6.45) is -0.432. The van der Waals surface area contributed by atoms with Gasteiger partial charge < -0.3 is 10.1 Å². The van der Waals surface area contributed by atoms with E-state index in [2.05, 4.69) is 10.6 Å². The van der Waals surface area contributed by atoms with Crippen molar-refractivity contribution in [3.05, 3.63) is 0 Å². The predicted octanol–water partition coefficient (Wildman–Crippen LogP) is -0.932. The highest BCUT2D eigenvalue weighted by atomic mass is 16.5. The lowest BCUT2D eigenvalue weighted by atomic mass is 10.4. The number of amides is 1. The molecule has 10 heavy (non-hydrogen) atoms. The quantitative estimate of drug-likeness (QED) is 0.526. The Labute approximate surface area is 59.9 Å². The maximum absolute atomic E-state index is 10.9. The number of carbonyl (C=O) groups excluding carboxylic acids is 1. The molecule has 1 amide bonds. The molecule has 0 bridgehead atoms. The van der Waals surface area contributed by atoms with Crippen LogP contribution in [0.15, 0.2) is 0 Å². The van der Waals surface area contributed by atoms with Gasteiger partial charge in [0.15, 0.2) is 6.23 Å². The lowest BCUT2D eigenvalue weighted by Gasteiger charge is -2.22. The van der Waals surface area contributed by atoms with Crippen LogP contribution in [-0.4, -0.2) is 31.8 Å². The van der Waals surface area contributed by atoms with Crippen LogP contribution in [0.1, 0.15) is 6.92 Å². The largest absolute Gasteiger partial charge is 0.354 e. The molecule has 1 rings (SSSR count). The van der Waals surface area contributed by atoms with Crippen LogP contribution in [-0.2, 0) is 9.53 Å². The minimum Gasteiger partial charge on any atom is -0.354 e. The summed E-state index contributed by atoms with van der Waals surface area (Å²) in [6, 6.07) is 0. The van der Waals surface area contributed by atoms with Gasteiger partial charge in [0.1, 0.15) is 0 Å². The summed E-state index contributed by atoms with van der Waals surface area (Å²) in [5, 5.41) is 5.63. The summed E-state index contributed by atoms with van der Waals surface area (Å²) < 4.78 is 5.07. The lowest BCUT2D eigenvalue weighted by molar-refractivity contribution is -0.136. The van der Waals surface area contributed by atoms with Crippen molar-refractivity contribution >= 4 is 5.91 Å². The fourth-order valence-electron chi connectivity index (χ4n) is 0.876. The third-order valence-electron chi connectivity index (χ3n) is 1.33. The smallest absolute Gasteiger partial charge is 0.264 e. The standard InChI is InChI=1S/C6H12N2O2/c1-2-10-6-5(9)7-3-4-8-6/h6,8H,2-4H2,1H3,(H,7,9)/t6-/m1/s1. The van der Waals surface area contributed by atoms with E-state index in [1.807, 2.05) is 6.92 Å². The fourth-order valence-corrected chi connectivity index (χ4v) is 0.876. The van der Waals surface area contributed by atoms with Gasteiger partial charge in [-0.05, 0) is 6.92 Å². The highest BCUT2D eigenvalue weighted by molar-refractivity contribution is 5.80. The van der Waals surface area contributed by atoms with Crippen molar-refractivity contribution in [3.63, 3.8) is 0 Å². The van der Waals surface area contributed by atoms with Crippen molar-refractivity contribution in [1.82, 2.24) is 10.6 Å². The molecule has 0 unspecified atom stereocenters. The molecule has 0 radical (unpaired) electrons. The van der Waals surface area contributed by atoms with E-state index in [4.69, 9.17) is 4.74 Å². The summed E-state index contributed by atoms with van der Waals surface area (Å²) >= 11 is 0. The topological polar surface area (TPSA) is 50.4 Å². The molecule has 0 aromatic heterocycles. The Hall–Kier alpha value is -0.610. The molecular formula is C6H12N2O2. The lowest BCUT2D eigenvalue weighted by Crippen LogP contribution is -2.54. The molecule has 2 N–H and O–H groups in total. The van der Waals surface area contributed by atoms with Crippen LogP contribution in [0.25, 0.3) is 0 Å². The van der Waals surface area contributed by atoms with Crippen molar-refractivity contribution in [2.45, 2.75) is 13.2 Å². The van der Waals surface area contributed by atoms with Gasteiger partial charge in [-0.25, -0.2) is 0 Å². The summed E-state index contributed by atoms with van der Waals surface area (Å²) in [5.74, 6) is -0.0619. The normalized spacial score (nSPS) is 26.1. The van der Waals surface area contributed by atoms with Gasteiger partial charge in [0, 0.05) is 19.7 Å². The SMILES string of the molecule is CCO[C@H]1NCCNC1=O.